The van der Waals surface area contributed by atoms with Crippen molar-refractivity contribution < 1.29 is 14.3 Å². The second-order valence-corrected chi connectivity index (χ2v) is 6.64. The maximum absolute atomic E-state index is 12.8. The molecule has 0 aromatic heterocycles. The molecule has 0 fully saturated rings. The van der Waals surface area contributed by atoms with Crippen LogP contribution in [0.15, 0.2) is 97.1 Å². The number of para-hydroxylation sites is 3. The van der Waals surface area contributed by atoms with Gasteiger partial charge >= 0.3 is 0 Å². The molecular formula is C25H21NO3. The zero-order chi connectivity index (χ0) is 20.1. The van der Waals surface area contributed by atoms with Gasteiger partial charge in [0.25, 0.3) is 5.91 Å². The molecule has 4 rings (SSSR count). The van der Waals surface area contributed by atoms with Crippen LogP contribution in [-0.2, 0) is 4.79 Å². The van der Waals surface area contributed by atoms with Gasteiger partial charge in [0.05, 0.1) is 5.69 Å². The van der Waals surface area contributed by atoms with Gasteiger partial charge in [0.15, 0.2) is 11.9 Å². The predicted molar refractivity (Wildman–Crippen MR) is 116 cm³/mol. The summed E-state index contributed by atoms with van der Waals surface area (Å²) in [6.45, 7) is 1.73. The number of amides is 1. The summed E-state index contributed by atoms with van der Waals surface area (Å²) in [4.78, 5) is 12.8. The highest BCUT2D eigenvalue weighted by Crippen LogP contribution is 2.30. The topological polar surface area (TPSA) is 47.6 Å². The first-order valence-corrected chi connectivity index (χ1v) is 9.48. The third-order valence-corrected chi connectivity index (χ3v) is 4.54. The molecule has 4 aromatic carbocycles. The lowest BCUT2D eigenvalue weighted by molar-refractivity contribution is -0.122. The van der Waals surface area contributed by atoms with Crippen molar-refractivity contribution in [3.63, 3.8) is 0 Å². The molecule has 29 heavy (non-hydrogen) atoms. The van der Waals surface area contributed by atoms with E-state index >= 15 is 0 Å². The summed E-state index contributed by atoms with van der Waals surface area (Å²) in [6.07, 6.45) is -0.675. The van der Waals surface area contributed by atoms with Gasteiger partial charge in [0.1, 0.15) is 11.5 Å². The molecule has 0 aliphatic heterocycles. The van der Waals surface area contributed by atoms with Crippen molar-refractivity contribution in [1.82, 2.24) is 0 Å². The van der Waals surface area contributed by atoms with Crippen LogP contribution in [0.5, 0.6) is 17.2 Å². The van der Waals surface area contributed by atoms with Gasteiger partial charge in [0.2, 0.25) is 0 Å². The zero-order valence-electron chi connectivity index (χ0n) is 16.0. The minimum absolute atomic E-state index is 0.248. The Bertz CT molecular complexity index is 1120. The van der Waals surface area contributed by atoms with Crippen molar-refractivity contribution >= 4 is 22.4 Å². The molecule has 0 bridgehead atoms. The summed E-state index contributed by atoms with van der Waals surface area (Å²) < 4.78 is 11.9. The largest absolute Gasteiger partial charge is 0.480 e. The molecule has 1 atom stereocenters. The van der Waals surface area contributed by atoms with E-state index in [1.54, 1.807) is 13.0 Å². The molecule has 4 heteroatoms. The first kappa shape index (κ1) is 18.6. The summed E-state index contributed by atoms with van der Waals surface area (Å²) in [5.74, 6) is 1.71. The molecule has 0 spiro atoms. The van der Waals surface area contributed by atoms with Crippen molar-refractivity contribution in [3.05, 3.63) is 97.1 Å². The third-order valence-electron chi connectivity index (χ3n) is 4.54. The summed E-state index contributed by atoms with van der Waals surface area (Å²) in [5.41, 5.74) is 0.592. The van der Waals surface area contributed by atoms with E-state index in [1.807, 2.05) is 91.0 Å². The lowest BCUT2D eigenvalue weighted by Gasteiger charge is -2.17. The van der Waals surface area contributed by atoms with Crippen molar-refractivity contribution in [2.75, 3.05) is 5.32 Å². The first-order chi connectivity index (χ1) is 14.2. The van der Waals surface area contributed by atoms with E-state index in [1.165, 1.54) is 0 Å². The number of ether oxygens (including phenoxy) is 2. The van der Waals surface area contributed by atoms with Crippen LogP contribution >= 0.6 is 0 Å². The van der Waals surface area contributed by atoms with Gasteiger partial charge in [-0.05, 0) is 42.6 Å². The average molecular weight is 383 g/mol. The Morgan fingerprint density at radius 3 is 2.28 bits per heavy atom. The quantitative estimate of drug-likeness (QED) is 0.442. The molecule has 0 heterocycles. The highest BCUT2D eigenvalue weighted by atomic mass is 16.5. The summed E-state index contributed by atoms with van der Waals surface area (Å²) in [7, 11) is 0. The van der Waals surface area contributed by atoms with Crippen LogP contribution in [0.1, 0.15) is 6.92 Å². The predicted octanol–water partition coefficient (Wildman–Crippen LogP) is 6.04. The number of benzene rings is 4. The van der Waals surface area contributed by atoms with E-state index in [4.69, 9.17) is 9.47 Å². The number of fused-ring (bicyclic) bond motifs is 1. The summed E-state index contributed by atoms with van der Waals surface area (Å²) in [5, 5.41) is 4.95. The second-order valence-electron chi connectivity index (χ2n) is 6.64. The summed E-state index contributed by atoms with van der Waals surface area (Å²) in [6, 6.07) is 30.5. The van der Waals surface area contributed by atoms with Crippen LogP contribution in [0, 0.1) is 0 Å². The molecule has 0 unspecified atom stereocenters. The van der Waals surface area contributed by atoms with E-state index in [0.29, 0.717) is 22.9 Å². The minimum atomic E-state index is -0.675. The molecule has 4 aromatic rings. The molecule has 0 radical (unpaired) electrons. The number of rotatable bonds is 6. The Labute approximate surface area is 169 Å². The van der Waals surface area contributed by atoms with E-state index in [2.05, 4.69) is 5.32 Å². The highest BCUT2D eigenvalue weighted by Gasteiger charge is 2.18. The number of hydrogen-bond acceptors (Lipinski definition) is 3. The Balaban J connectivity index is 1.49. The van der Waals surface area contributed by atoms with Crippen molar-refractivity contribution in [1.29, 1.82) is 0 Å². The van der Waals surface area contributed by atoms with Crippen LogP contribution in [0.2, 0.25) is 0 Å². The fourth-order valence-corrected chi connectivity index (χ4v) is 3.05. The molecule has 0 aliphatic carbocycles. The van der Waals surface area contributed by atoms with Gasteiger partial charge in [-0.15, -0.1) is 0 Å². The molecule has 0 saturated heterocycles. The number of hydrogen-bond donors (Lipinski definition) is 1. The SMILES string of the molecule is C[C@@H](Oc1cccc2ccccc12)C(=O)Nc1ccccc1Oc1ccccc1. The highest BCUT2D eigenvalue weighted by molar-refractivity contribution is 5.96. The smallest absolute Gasteiger partial charge is 0.265 e. The standard InChI is InChI=1S/C25H21NO3/c1-18(28-23-17-9-11-19-10-5-6-14-21(19)23)25(27)26-22-15-7-8-16-24(22)29-20-12-3-2-4-13-20/h2-18H,1H3,(H,26,27)/t18-/m1/s1. The van der Waals surface area contributed by atoms with Gasteiger partial charge in [-0.2, -0.15) is 0 Å². The molecule has 144 valence electrons. The maximum atomic E-state index is 12.8. The second kappa shape index (κ2) is 8.48. The summed E-state index contributed by atoms with van der Waals surface area (Å²) >= 11 is 0. The molecule has 0 saturated carbocycles. The average Bonchev–Trinajstić information content (AvgIpc) is 2.76. The van der Waals surface area contributed by atoms with Crippen LogP contribution in [-0.4, -0.2) is 12.0 Å². The van der Waals surface area contributed by atoms with E-state index in [9.17, 15) is 4.79 Å². The van der Waals surface area contributed by atoms with Gasteiger partial charge in [-0.25, -0.2) is 0 Å². The maximum Gasteiger partial charge on any atom is 0.265 e. The fourth-order valence-electron chi connectivity index (χ4n) is 3.05. The Morgan fingerprint density at radius 2 is 1.41 bits per heavy atom. The van der Waals surface area contributed by atoms with E-state index in [-0.39, 0.29) is 5.91 Å². The number of anilines is 1. The van der Waals surface area contributed by atoms with Gasteiger partial charge in [-0.3, -0.25) is 4.79 Å². The van der Waals surface area contributed by atoms with Gasteiger partial charge in [0, 0.05) is 5.39 Å². The van der Waals surface area contributed by atoms with E-state index in [0.717, 1.165) is 10.8 Å². The molecular weight excluding hydrogens is 362 g/mol. The molecule has 0 aliphatic rings. The lowest BCUT2D eigenvalue weighted by atomic mass is 10.1. The number of carbonyl (C=O) groups is 1. The van der Waals surface area contributed by atoms with E-state index < -0.39 is 6.10 Å². The van der Waals surface area contributed by atoms with Crippen LogP contribution in [0.3, 0.4) is 0 Å². The Hall–Kier alpha value is -3.79. The van der Waals surface area contributed by atoms with Gasteiger partial charge < -0.3 is 14.8 Å². The van der Waals surface area contributed by atoms with Crippen molar-refractivity contribution in [3.8, 4) is 17.2 Å². The monoisotopic (exact) mass is 383 g/mol. The minimum Gasteiger partial charge on any atom is -0.480 e. The fraction of sp³-hybridized carbons (Fsp3) is 0.0800. The Morgan fingerprint density at radius 1 is 0.759 bits per heavy atom. The molecule has 4 nitrogen and oxygen atoms in total. The zero-order valence-corrected chi connectivity index (χ0v) is 16.0. The van der Waals surface area contributed by atoms with Gasteiger partial charge in [-0.1, -0.05) is 66.7 Å². The molecule has 1 amide bonds. The van der Waals surface area contributed by atoms with Crippen LogP contribution < -0.4 is 14.8 Å². The number of carbonyl (C=O) groups excluding carboxylic acids is 1. The first-order valence-electron chi connectivity index (χ1n) is 9.48. The lowest BCUT2D eigenvalue weighted by Crippen LogP contribution is -2.30. The Kier molecular flexibility index (Phi) is 5.43. The number of nitrogens with one attached hydrogen (secondary N) is 1. The van der Waals surface area contributed by atoms with Crippen molar-refractivity contribution in [2.24, 2.45) is 0 Å². The normalized spacial score (nSPS) is 11.6. The van der Waals surface area contributed by atoms with Crippen molar-refractivity contribution in [2.45, 2.75) is 13.0 Å². The third kappa shape index (κ3) is 4.38. The van der Waals surface area contributed by atoms with Crippen LogP contribution in [0.4, 0.5) is 5.69 Å². The van der Waals surface area contributed by atoms with Crippen LogP contribution in [0.25, 0.3) is 10.8 Å². The molecule has 1 N–H and O–H groups in total.